The van der Waals surface area contributed by atoms with Crippen LogP contribution in [0.15, 0.2) is 46.9 Å². The first-order chi connectivity index (χ1) is 18.6. The van der Waals surface area contributed by atoms with Crippen molar-refractivity contribution < 1.29 is 38.2 Å². The second-order valence-electron chi connectivity index (χ2n) is 9.30. The fourth-order valence-electron chi connectivity index (χ4n) is 3.98. The Hall–Kier alpha value is -4.54. The number of carbonyl (C=O) groups is 5. The van der Waals surface area contributed by atoms with Gasteiger partial charge in [0, 0.05) is 24.7 Å². The summed E-state index contributed by atoms with van der Waals surface area (Å²) in [7, 11) is 1.47. The average Bonchev–Trinajstić information content (AvgIpc) is 3.35. The minimum absolute atomic E-state index is 0.000601. The van der Waals surface area contributed by atoms with Crippen LogP contribution >= 0.6 is 0 Å². The Morgan fingerprint density at radius 2 is 1.67 bits per heavy atom. The Morgan fingerprint density at radius 3 is 2.33 bits per heavy atom. The Balaban J connectivity index is 1.47. The molecule has 0 aliphatic rings. The summed E-state index contributed by atoms with van der Waals surface area (Å²) in [5, 5.41) is 14.5. The number of ether oxygens (including phenoxy) is 1. The molecule has 1 aromatic heterocycles. The van der Waals surface area contributed by atoms with Gasteiger partial charge >= 0.3 is 0 Å². The third-order valence-corrected chi connectivity index (χ3v) is 6.02. The number of methoxy groups -OCH3 is 1. The van der Waals surface area contributed by atoms with Gasteiger partial charge in [-0.15, -0.1) is 0 Å². The van der Waals surface area contributed by atoms with E-state index in [9.17, 15) is 29.1 Å². The number of rotatable bonds is 14. The van der Waals surface area contributed by atoms with Crippen LogP contribution in [-0.4, -0.2) is 59.5 Å². The summed E-state index contributed by atoms with van der Waals surface area (Å²) in [4.78, 5) is 65.8. The maximum absolute atomic E-state index is 12.7. The van der Waals surface area contributed by atoms with E-state index in [1.807, 2.05) is 0 Å². The number of hydrogen-bond acceptors (Lipinski definition) is 9. The van der Waals surface area contributed by atoms with E-state index in [0.29, 0.717) is 16.8 Å². The van der Waals surface area contributed by atoms with E-state index in [1.54, 1.807) is 30.3 Å². The van der Waals surface area contributed by atoms with Crippen LogP contribution < -0.4 is 15.4 Å². The Labute approximate surface area is 224 Å². The van der Waals surface area contributed by atoms with Gasteiger partial charge in [-0.3, -0.25) is 19.2 Å². The molecule has 2 aromatic carbocycles. The number of phenols is 1. The first-order valence-electron chi connectivity index (χ1n) is 12.4. The minimum Gasteiger partial charge on any atom is -0.508 e. The van der Waals surface area contributed by atoms with Crippen molar-refractivity contribution >= 4 is 40.3 Å². The molecule has 3 aromatic rings. The van der Waals surface area contributed by atoms with Gasteiger partial charge < -0.3 is 29.7 Å². The predicted molar refractivity (Wildman–Crippen MR) is 140 cm³/mol. The van der Waals surface area contributed by atoms with Gasteiger partial charge in [0.25, 0.3) is 5.89 Å². The first-order valence-corrected chi connectivity index (χ1v) is 12.4. The molecule has 11 nitrogen and oxygen atoms in total. The Kier molecular flexibility index (Phi) is 9.91. The SMILES string of the molecule is COc1cccc2nc(C(=O)CNC(=O)[C@H](C)CC(=O)CNC(=O)[C@@H](CC(C)=O)Cc3ccc(O)cc3)oc12. The molecule has 3 N–H and O–H groups in total. The fourth-order valence-corrected chi connectivity index (χ4v) is 3.98. The zero-order chi connectivity index (χ0) is 28.5. The standard InChI is InChI=1S/C28H31N3O8/c1-16(26(36)30-15-23(35)28-31-22-5-4-6-24(38-3)25(22)39-28)11-21(34)14-29-27(37)19(12-17(2)32)13-18-7-9-20(33)10-8-18/h4-10,16,19,33H,11-15H2,1-3H3,(H,29,37)(H,30,36)/t16-,19+/m1/s1. The zero-order valence-corrected chi connectivity index (χ0v) is 22.0. The molecule has 206 valence electrons. The van der Waals surface area contributed by atoms with Crippen molar-refractivity contribution in [1.29, 1.82) is 0 Å². The molecule has 0 radical (unpaired) electrons. The number of ketones is 3. The van der Waals surface area contributed by atoms with Crippen molar-refractivity contribution in [3.63, 3.8) is 0 Å². The van der Waals surface area contributed by atoms with Gasteiger partial charge in [0.2, 0.25) is 17.6 Å². The van der Waals surface area contributed by atoms with E-state index >= 15 is 0 Å². The second kappa shape index (κ2) is 13.3. The molecule has 0 bridgehead atoms. The molecule has 2 atom stereocenters. The lowest BCUT2D eigenvalue weighted by Crippen LogP contribution is -2.38. The molecule has 1 heterocycles. The van der Waals surface area contributed by atoms with Crippen molar-refractivity contribution in [3.05, 3.63) is 53.9 Å². The highest BCUT2D eigenvalue weighted by Gasteiger charge is 2.24. The maximum Gasteiger partial charge on any atom is 0.266 e. The monoisotopic (exact) mass is 537 g/mol. The number of nitrogens with zero attached hydrogens (tertiary/aromatic N) is 1. The van der Waals surface area contributed by atoms with Gasteiger partial charge in [0.15, 0.2) is 17.1 Å². The first kappa shape index (κ1) is 29.0. The lowest BCUT2D eigenvalue weighted by atomic mass is 9.93. The van der Waals surface area contributed by atoms with Crippen molar-refractivity contribution in [2.24, 2.45) is 11.8 Å². The number of amides is 2. The highest BCUT2D eigenvalue weighted by Crippen LogP contribution is 2.26. The van der Waals surface area contributed by atoms with Gasteiger partial charge in [-0.25, -0.2) is 4.98 Å². The molecule has 0 saturated heterocycles. The lowest BCUT2D eigenvalue weighted by molar-refractivity contribution is -0.131. The van der Waals surface area contributed by atoms with Crippen LogP contribution in [0.5, 0.6) is 11.5 Å². The van der Waals surface area contributed by atoms with E-state index in [1.165, 1.54) is 33.1 Å². The molecule has 0 unspecified atom stereocenters. The van der Waals surface area contributed by atoms with E-state index in [2.05, 4.69) is 15.6 Å². The van der Waals surface area contributed by atoms with Crippen LogP contribution in [0.2, 0.25) is 0 Å². The smallest absolute Gasteiger partial charge is 0.266 e. The number of Topliss-reactive ketones (excluding diaryl/α,β-unsaturated/α-hetero) is 3. The quantitative estimate of drug-likeness (QED) is 0.262. The van der Waals surface area contributed by atoms with Gasteiger partial charge in [-0.2, -0.15) is 0 Å². The average molecular weight is 538 g/mol. The summed E-state index contributed by atoms with van der Waals surface area (Å²) in [5.41, 5.74) is 1.53. The summed E-state index contributed by atoms with van der Waals surface area (Å²) in [6.07, 6.45) is 0.107. The summed E-state index contributed by atoms with van der Waals surface area (Å²) in [6.45, 7) is 2.25. The number of benzene rings is 2. The molecular weight excluding hydrogens is 506 g/mol. The highest BCUT2D eigenvalue weighted by molar-refractivity contribution is 5.98. The lowest BCUT2D eigenvalue weighted by Gasteiger charge is -2.16. The predicted octanol–water partition coefficient (Wildman–Crippen LogP) is 2.39. The number of carbonyl (C=O) groups excluding carboxylic acids is 5. The van der Waals surface area contributed by atoms with Crippen LogP contribution in [0.3, 0.4) is 0 Å². The molecule has 0 saturated carbocycles. The number of oxazole rings is 1. The molecule has 39 heavy (non-hydrogen) atoms. The van der Waals surface area contributed by atoms with Gasteiger partial charge in [0.1, 0.15) is 17.0 Å². The number of aromatic nitrogens is 1. The van der Waals surface area contributed by atoms with E-state index in [-0.39, 0.29) is 55.6 Å². The van der Waals surface area contributed by atoms with Crippen LogP contribution in [-0.2, 0) is 25.6 Å². The number of para-hydroxylation sites is 1. The summed E-state index contributed by atoms with van der Waals surface area (Å²) in [5.74, 6) is -3.16. The number of hydrogen-bond donors (Lipinski definition) is 3. The number of fused-ring (bicyclic) bond motifs is 1. The molecule has 11 heteroatoms. The van der Waals surface area contributed by atoms with Gasteiger partial charge in [0.05, 0.1) is 20.2 Å². The van der Waals surface area contributed by atoms with Crippen LogP contribution in [0.25, 0.3) is 11.1 Å². The summed E-state index contributed by atoms with van der Waals surface area (Å²) >= 11 is 0. The zero-order valence-electron chi connectivity index (χ0n) is 22.0. The van der Waals surface area contributed by atoms with Gasteiger partial charge in [-0.1, -0.05) is 25.1 Å². The van der Waals surface area contributed by atoms with Gasteiger partial charge in [-0.05, 0) is 43.2 Å². The van der Waals surface area contributed by atoms with Crippen molar-refractivity contribution in [1.82, 2.24) is 15.6 Å². The van der Waals surface area contributed by atoms with Crippen molar-refractivity contribution in [2.75, 3.05) is 20.2 Å². The fraction of sp³-hybridized carbons (Fsp3) is 0.357. The summed E-state index contributed by atoms with van der Waals surface area (Å²) < 4.78 is 10.7. The third-order valence-electron chi connectivity index (χ3n) is 6.02. The van der Waals surface area contributed by atoms with Crippen molar-refractivity contribution in [3.8, 4) is 11.5 Å². The van der Waals surface area contributed by atoms with Crippen LogP contribution in [0.4, 0.5) is 0 Å². The van der Waals surface area contributed by atoms with E-state index < -0.39 is 29.4 Å². The van der Waals surface area contributed by atoms with E-state index in [0.717, 1.165) is 5.56 Å². The normalized spacial score (nSPS) is 12.4. The molecule has 3 rings (SSSR count). The maximum atomic E-state index is 12.7. The second-order valence-corrected chi connectivity index (χ2v) is 9.30. The molecular formula is C28H31N3O8. The number of phenolic OH excluding ortho intramolecular Hbond substituents is 1. The third kappa shape index (κ3) is 8.22. The number of nitrogens with one attached hydrogen (secondary N) is 2. The Morgan fingerprint density at radius 1 is 0.974 bits per heavy atom. The van der Waals surface area contributed by atoms with Crippen molar-refractivity contribution in [2.45, 2.75) is 33.1 Å². The molecule has 0 aliphatic carbocycles. The topological polar surface area (TPSA) is 165 Å². The molecule has 0 spiro atoms. The summed E-state index contributed by atoms with van der Waals surface area (Å²) in [6, 6.07) is 11.3. The Bertz CT molecular complexity index is 1360. The minimum atomic E-state index is -0.754. The number of aromatic hydroxyl groups is 1. The van der Waals surface area contributed by atoms with Crippen LogP contribution in [0, 0.1) is 11.8 Å². The molecule has 0 aliphatic heterocycles. The van der Waals surface area contributed by atoms with Crippen LogP contribution in [0.1, 0.15) is 42.9 Å². The molecule has 0 fully saturated rings. The van der Waals surface area contributed by atoms with E-state index in [4.69, 9.17) is 9.15 Å². The largest absolute Gasteiger partial charge is 0.508 e. The molecule has 2 amide bonds. The highest BCUT2D eigenvalue weighted by atomic mass is 16.5.